The number of nitrogens with zero attached hydrogens (tertiary/aromatic N) is 2. The van der Waals surface area contributed by atoms with Gasteiger partial charge in [-0.25, -0.2) is 0 Å². The van der Waals surface area contributed by atoms with E-state index in [-0.39, 0.29) is 23.5 Å². The molecule has 2 aliphatic heterocycles. The summed E-state index contributed by atoms with van der Waals surface area (Å²) in [6, 6.07) is 4.23. The van der Waals surface area contributed by atoms with Crippen LogP contribution >= 0.6 is 20.1 Å². The standard InChI is InChI=1S/C23H31FIN3O3/c1-5-16(15(4)29)12-25-22(21(30)6-2)18-13-28(10-9-20(18)27-25)23(31)26-17-7-8-19(24)14(3)11-17/h7-8,11,15-16,29H,5-6,9-10,12-13H2,1-4H3,(H,26,31)/t15-,16+/m1/s1. The Balaban J connectivity index is 1.80. The first kappa shape index (κ1) is 23.8. The summed E-state index contributed by atoms with van der Waals surface area (Å²) in [6.45, 7) is 8.27. The van der Waals surface area contributed by atoms with E-state index in [9.17, 15) is 19.1 Å². The summed E-state index contributed by atoms with van der Waals surface area (Å²) < 4.78 is 20.1. The molecule has 170 valence electrons. The maximum atomic E-state index is 13.5. The normalized spacial score (nSPS) is 19.1. The molecule has 2 N–H and O–H groups in total. The van der Waals surface area contributed by atoms with Crippen LogP contribution in [0.5, 0.6) is 0 Å². The molecule has 0 unspecified atom stereocenters. The van der Waals surface area contributed by atoms with Crippen LogP contribution in [0.15, 0.2) is 30.6 Å². The van der Waals surface area contributed by atoms with Crippen LogP contribution in [-0.2, 0) is 4.79 Å². The zero-order chi connectivity index (χ0) is 22.7. The third-order valence-electron chi connectivity index (χ3n) is 5.82. The van der Waals surface area contributed by atoms with Gasteiger partial charge in [-0.3, -0.25) is 0 Å². The van der Waals surface area contributed by atoms with E-state index >= 15 is 0 Å². The van der Waals surface area contributed by atoms with Crippen LogP contribution in [-0.4, -0.2) is 51.2 Å². The Kier molecular flexibility index (Phi) is 7.85. The van der Waals surface area contributed by atoms with E-state index in [0.717, 1.165) is 25.7 Å². The summed E-state index contributed by atoms with van der Waals surface area (Å²) in [5, 5.41) is 12.9. The second-order valence-electron chi connectivity index (χ2n) is 8.07. The van der Waals surface area contributed by atoms with Crippen LogP contribution in [0.1, 0.15) is 45.6 Å². The van der Waals surface area contributed by atoms with E-state index in [4.69, 9.17) is 3.21 Å². The number of aliphatic hydroxyl groups excluding tert-OH is 1. The minimum absolute atomic E-state index is 0.121. The number of likely N-dealkylation sites (tertiary alicyclic amines) is 1. The molecule has 1 fully saturated rings. The number of halogens is 2. The number of aryl methyl sites for hydroxylation is 1. The molecule has 0 saturated carbocycles. The SMILES string of the molecule is CCC(=O)C1=C2CN(C(=O)Nc3ccc(F)c(C)c3)CCC2=NI1C[C@H](CC)[C@@H](C)O. The summed E-state index contributed by atoms with van der Waals surface area (Å²) in [7, 11) is 0. The third-order valence-corrected chi connectivity index (χ3v) is 11.4. The zero-order valence-electron chi connectivity index (χ0n) is 18.5. The minimum atomic E-state index is -2.11. The number of anilines is 1. The molecule has 0 bridgehead atoms. The van der Waals surface area contributed by atoms with Crippen molar-refractivity contribution in [2.24, 2.45) is 9.12 Å². The van der Waals surface area contributed by atoms with E-state index in [1.54, 1.807) is 30.9 Å². The number of carbonyl (C=O) groups excluding carboxylic acids is 2. The number of amides is 2. The van der Waals surface area contributed by atoms with Crippen molar-refractivity contribution < 1.29 is 19.1 Å². The van der Waals surface area contributed by atoms with Gasteiger partial charge in [0, 0.05) is 0 Å². The average molecular weight is 543 g/mol. The molecule has 3 rings (SSSR count). The van der Waals surface area contributed by atoms with Crippen molar-refractivity contribution in [2.75, 3.05) is 22.8 Å². The Morgan fingerprint density at radius 1 is 1.35 bits per heavy atom. The van der Waals surface area contributed by atoms with Crippen molar-refractivity contribution in [3.05, 3.63) is 38.7 Å². The van der Waals surface area contributed by atoms with Gasteiger partial charge in [-0.15, -0.1) is 0 Å². The topological polar surface area (TPSA) is 82.0 Å². The Morgan fingerprint density at radius 3 is 2.71 bits per heavy atom. The van der Waals surface area contributed by atoms with Crippen LogP contribution in [0.2, 0.25) is 0 Å². The first-order valence-electron chi connectivity index (χ1n) is 10.8. The van der Waals surface area contributed by atoms with E-state index in [1.165, 1.54) is 6.07 Å². The fourth-order valence-corrected chi connectivity index (χ4v) is 10.6. The molecule has 2 aliphatic rings. The van der Waals surface area contributed by atoms with Gasteiger partial charge in [0.05, 0.1) is 0 Å². The second-order valence-corrected chi connectivity index (χ2v) is 12.4. The van der Waals surface area contributed by atoms with Gasteiger partial charge >= 0.3 is 191 Å². The van der Waals surface area contributed by atoms with Crippen LogP contribution in [0.4, 0.5) is 14.9 Å². The number of fused-ring (bicyclic) bond motifs is 1. The molecule has 2 amide bonds. The number of ketones is 1. The van der Waals surface area contributed by atoms with Crippen LogP contribution in [0.25, 0.3) is 0 Å². The van der Waals surface area contributed by atoms with Crippen molar-refractivity contribution in [2.45, 2.75) is 53.1 Å². The van der Waals surface area contributed by atoms with E-state index in [1.807, 2.05) is 6.92 Å². The summed E-state index contributed by atoms with van der Waals surface area (Å²) in [5.41, 5.74) is 2.92. The van der Waals surface area contributed by atoms with Crippen LogP contribution < -0.4 is 5.32 Å². The molecule has 1 aromatic carbocycles. The van der Waals surface area contributed by atoms with Gasteiger partial charge < -0.3 is 0 Å². The van der Waals surface area contributed by atoms with Crippen LogP contribution in [0, 0.1) is 18.7 Å². The first-order valence-corrected chi connectivity index (χ1v) is 14.3. The van der Waals surface area contributed by atoms with Crippen molar-refractivity contribution in [1.82, 2.24) is 4.90 Å². The predicted octanol–water partition coefficient (Wildman–Crippen LogP) is 4.89. The van der Waals surface area contributed by atoms with Gasteiger partial charge in [-0.05, 0) is 0 Å². The van der Waals surface area contributed by atoms with Crippen molar-refractivity contribution in [3.8, 4) is 0 Å². The quantitative estimate of drug-likeness (QED) is 0.380. The van der Waals surface area contributed by atoms with Crippen LogP contribution in [0.3, 0.4) is 0 Å². The van der Waals surface area contributed by atoms with Gasteiger partial charge in [0.15, 0.2) is 0 Å². The van der Waals surface area contributed by atoms with Gasteiger partial charge in [0.1, 0.15) is 0 Å². The first-order chi connectivity index (χ1) is 14.7. The molecular formula is C23H31FIN3O3. The Hall–Kier alpha value is -1.81. The molecule has 6 nitrogen and oxygen atoms in total. The summed E-state index contributed by atoms with van der Waals surface area (Å²) >= 11 is -2.11. The summed E-state index contributed by atoms with van der Waals surface area (Å²) in [6.07, 6.45) is 1.48. The number of alkyl halides is 1. The summed E-state index contributed by atoms with van der Waals surface area (Å²) in [5.74, 6) is -0.0539. The number of urea groups is 1. The van der Waals surface area contributed by atoms with Gasteiger partial charge in [0.2, 0.25) is 0 Å². The van der Waals surface area contributed by atoms with E-state index in [2.05, 4.69) is 12.2 Å². The van der Waals surface area contributed by atoms with Crippen molar-refractivity contribution in [1.29, 1.82) is 0 Å². The van der Waals surface area contributed by atoms with Gasteiger partial charge in [-0.2, -0.15) is 0 Å². The molecule has 1 saturated heterocycles. The Morgan fingerprint density at radius 2 is 2.10 bits per heavy atom. The molecule has 2 atom stereocenters. The molecular weight excluding hydrogens is 512 g/mol. The predicted molar refractivity (Wildman–Crippen MR) is 130 cm³/mol. The van der Waals surface area contributed by atoms with Crippen molar-refractivity contribution >= 4 is 43.3 Å². The Labute approximate surface area is 190 Å². The third kappa shape index (κ3) is 5.34. The Bertz CT molecular complexity index is 929. The average Bonchev–Trinajstić information content (AvgIpc) is 3.10. The molecule has 0 radical (unpaired) electrons. The number of nitrogens with one attached hydrogen (secondary N) is 1. The molecule has 31 heavy (non-hydrogen) atoms. The van der Waals surface area contributed by atoms with E-state index < -0.39 is 26.2 Å². The molecule has 8 heteroatoms. The molecule has 0 spiro atoms. The number of rotatable bonds is 7. The molecule has 0 aromatic heterocycles. The van der Waals surface area contributed by atoms with Gasteiger partial charge in [-0.1, -0.05) is 0 Å². The zero-order valence-corrected chi connectivity index (χ0v) is 20.7. The number of hydrogen-bond acceptors (Lipinski definition) is 4. The van der Waals surface area contributed by atoms with Crippen molar-refractivity contribution in [3.63, 3.8) is 0 Å². The number of benzene rings is 1. The molecule has 0 aliphatic carbocycles. The molecule has 2 heterocycles. The molecule has 1 aromatic rings. The van der Waals surface area contributed by atoms with Gasteiger partial charge in [0.25, 0.3) is 0 Å². The number of carbonyl (C=O) groups is 2. The second kappa shape index (κ2) is 10.2. The number of hydrogen-bond donors (Lipinski definition) is 2. The number of allylic oxidation sites excluding steroid dienone is 1. The fraction of sp³-hybridized carbons (Fsp3) is 0.522. The maximum absolute atomic E-state index is 13.5. The number of Topliss-reactive ketones (excluding diaryl/α,β-unsaturated/α-hetero) is 1. The number of aliphatic hydroxyl groups is 1. The monoisotopic (exact) mass is 543 g/mol. The fourth-order valence-electron chi connectivity index (χ4n) is 3.76. The number of piperidine rings is 1. The van der Waals surface area contributed by atoms with E-state index in [0.29, 0.717) is 37.2 Å². The summed E-state index contributed by atoms with van der Waals surface area (Å²) in [4.78, 5) is 27.4.